The summed E-state index contributed by atoms with van der Waals surface area (Å²) in [6.45, 7) is 10.8. The number of alkyl carbamates (subject to hydrolysis) is 1. The molecule has 2 fully saturated rings. The lowest BCUT2D eigenvalue weighted by Gasteiger charge is -2.23. The lowest BCUT2D eigenvalue weighted by atomic mass is 9.98. The van der Waals surface area contributed by atoms with Gasteiger partial charge in [-0.15, -0.1) is 0 Å². The Kier molecular flexibility index (Phi) is 4.45. The fraction of sp³-hybridized carbons (Fsp3) is 0.765. The number of ether oxygens (including phenoxy) is 1. The van der Waals surface area contributed by atoms with Crippen LogP contribution in [-0.4, -0.2) is 23.5 Å². The van der Waals surface area contributed by atoms with Gasteiger partial charge in [-0.25, -0.2) is 4.79 Å². The summed E-state index contributed by atoms with van der Waals surface area (Å²) < 4.78 is 5.26. The van der Waals surface area contributed by atoms with E-state index in [4.69, 9.17) is 4.74 Å². The molecule has 2 saturated carbocycles. The van der Waals surface area contributed by atoms with Crippen LogP contribution in [0, 0.1) is 17.8 Å². The minimum absolute atomic E-state index is 0.0779. The lowest BCUT2D eigenvalue weighted by Crippen LogP contribution is -2.44. The van der Waals surface area contributed by atoms with Gasteiger partial charge in [0.15, 0.2) is 5.78 Å². The Bertz CT molecular complexity index is 439. The van der Waals surface area contributed by atoms with E-state index < -0.39 is 17.7 Å². The number of amides is 1. The first kappa shape index (κ1) is 16.1. The van der Waals surface area contributed by atoms with Gasteiger partial charge in [-0.3, -0.25) is 4.79 Å². The number of carbonyl (C=O) groups is 2. The maximum atomic E-state index is 12.3. The van der Waals surface area contributed by atoms with Crippen molar-refractivity contribution in [2.24, 2.45) is 17.8 Å². The van der Waals surface area contributed by atoms with Crippen molar-refractivity contribution < 1.29 is 14.3 Å². The molecule has 4 atom stereocenters. The molecule has 0 aliphatic heterocycles. The number of ketones is 1. The molecule has 0 aromatic rings. The van der Waals surface area contributed by atoms with E-state index in [2.05, 4.69) is 11.9 Å². The molecular formula is C17H27NO3. The Morgan fingerprint density at radius 2 is 1.86 bits per heavy atom. The van der Waals surface area contributed by atoms with Gasteiger partial charge in [-0.2, -0.15) is 0 Å². The second kappa shape index (κ2) is 5.82. The monoisotopic (exact) mass is 293 g/mol. The van der Waals surface area contributed by atoms with Crippen LogP contribution >= 0.6 is 0 Å². The number of Topliss-reactive ketones (excluding diaryl/α,β-unsaturated/α-hetero) is 1. The molecule has 2 aliphatic carbocycles. The van der Waals surface area contributed by atoms with Crippen molar-refractivity contribution in [2.75, 3.05) is 0 Å². The zero-order chi connectivity index (χ0) is 15.8. The zero-order valence-corrected chi connectivity index (χ0v) is 13.6. The largest absolute Gasteiger partial charge is 0.444 e. The molecule has 0 aromatic carbocycles. The normalized spacial score (nSPS) is 28.5. The first-order chi connectivity index (χ1) is 9.69. The van der Waals surface area contributed by atoms with Gasteiger partial charge in [0.05, 0.1) is 6.04 Å². The van der Waals surface area contributed by atoms with Crippen molar-refractivity contribution in [2.45, 2.75) is 65.0 Å². The average Bonchev–Trinajstić information content (AvgIpc) is 2.78. The molecule has 21 heavy (non-hydrogen) atoms. The zero-order valence-electron chi connectivity index (χ0n) is 13.6. The van der Waals surface area contributed by atoms with E-state index in [1.165, 1.54) is 19.3 Å². The maximum absolute atomic E-state index is 12.3. The van der Waals surface area contributed by atoms with E-state index in [-0.39, 0.29) is 5.78 Å². The second-order valence-corrected chi connectivity index (χ2v) is 7.50. The van der Waals surface area contributed by atoms with Crippen LogP contribution in [0.5, 0.6) is 0 Å². The standard InChI is InChI=1S/C17H27NO3/c1-10(2)15(19)14(18-16(20)21-17(3,4)5)9-13-11-7-6-8-12(11)13/h11-14H,1,6-9H2,2-5H3,(H,18,20)/t11-,12?,13?,14-/m0/s1. The van der Waals surface area contributed by atoms with Gasteiger partial charge in [0.1, 0.15) is 5.60 Å². The van der Waals surface area contributed by atoms with Crippen LogP contribution < -0.4 is 5.32 Å². The molecule has 118 valence electrons. The molecule has 4 heteroatoms. The van der Waals surface area contributed by atoms with E-state index in [0.29, 0.717) is 11.5 Å². The van der Waals surface area contributed by atoms with Crippen LogP contribution in [-0.2, 0) is 9.53 Å². The first-order valence-electron chi connectivity index (χ1n) is 7.88. The van der Waals surface area contributed by atoms with Crippen molar-refractivity contribution in [1.29, 1.82) is 0 Å². The molecule has 4 nitrogen and oxygen atoms in total. The number of hydrogen-bond acceptors (Lipinski definition) is 3. The molecule has 0 bridgehead atoms. The Balaban J connectivity index is 1.94. The molecule has 0 saturated heterocycles. The molecule has 1 amide bonds. The molecule has 0 spiro atoms. The predicted octanol–water partition coefficient (Wildman–Crippen LogP) is 3.46. The van der Waals surface area contributed by atoms with Gasteiger partial charge >= 0.3 is 6.09 Å². The molecule has 2 rings (SSSR count). The van der Waals surface area contributed by atoms with Gasteiger partial charge in [-0.05, 0) is 70.3 Å². The summed E-state index contributed by atoms with van der Waals surface area (Å²) in [4.78, 5) is 24.2. The maximum Gasteiger partial charge on any atom is 0.408 e. The van der Waals surface area contributed by atoms with Crippen LogP contribution in [0.15, 0.2) is 12.2 Å². The lowest BCUT2D eigenvalue weighted by molar-refractivity contribution is -0.117. The molecule has 0 radical (unpaired) electrons. The summed E-state index contributed by atoms with van der Waals surface area (Å²) in [6.07, 6.45) is 4.06. The Hall–Kier alpha value is -1.32. The summed E-state index contributed by atoms with van der Waals surface area (Å²) >= 11 is 0. The van der Waals surface area contributed by atoms with Crippen LogP contribution in [0.25, 0.3) is 0 Å². The number of fused-ring (bicyclic) bond motifs is 1. The van der Waals surface area contributed by atoms with E-state index in [1.54, 1.807) is 6.92 Å². The van der Waals surface area contributed by atoms with E-state index in [0.717, 1.165) is 18.3 Å². The third-order valence-electron chi connectivity index (χ3n) is 4.52. The molecule has 0 heterocycles. The minimum Gasteiger partial charge on any atom is -0.444 e. The summed E-state index contributed by atoms with van der Waals surface area (Å²) in [6, 6.07) is -0.493. The highest BCUT2D eigenvalue weighted by atomic mass is 16.6. The number of rotatable bonds is 5. The van der Waals surface area contributed by atoms with E-state index in [9.17, 15) is 9.59 Å². The van der Waals surface area contributed by atoms with Crippen molar-refractivity contribution in [1.82, 2.24) is 5.32 Å². The minimum atomic E-state index is -0.559. The number of carbonyl (C=O) groups excluding carboxylic acids is 2. The van der Waals surface area contributed by atoms with Crippen molar-refractivity contribution >= 4 is 11.9 Å². The smallest absolute Gasteiger partial charge is 0.408 e. The predicted molar refractivity (Wildman–Crippen MR) is 81.9 cm³/mol. The Morgan fingerprint density at radius 3 is 2.33 bits per heavy atom. The summed E-state index contributed by atoms with van der Waals surface area (Å²) in [7, 11) is 0. The molecular weight excluding hydrogens is 266 g/mol. The van der Waals surface area contributed by atoms with Gasteiger partial charge < -0.3 is 10.1 Å². The van der Waals surface area contributed by atoms with Crippen LogP contribution in [0.2, 0.25) is 0 Å². The first-order valence-corrected chi connectivity index (χ1v) is 7.88. The highest BCUT2D eigenvalue weighted by molar-refractivity contribution is 5.99. The highest BCUT2D eigenvalue weighted by Gasteiger charge is 2.53. The second-order valence-electron chi connectivity index (χ2n) is 7.50. The third kappa shape index (κ3) is 4.08. The SMILES string of the molecule is C=C(C)C(=O)[C@H](CC1C2CCC[C@@H]21)NC(=O)OC(C)(C)C. The Morgan fingerprint density at radius 1 is 1.29 bits per heavy atom. The fourth-order valence-corrected chi connectivity index (χ4v) is 3.57. The fourth-order valence-electron chi connectivity index (χ4n) is 3.57. The quantitative estimate of drug-likeness (QED) is 0.790. The van der Waals surface area contributed by atoms with Gasteiger partial charge in [0.25, 0.3) is 0 Å². The molecule has 1 N–H and O–H groups in total. The summed E-state index contributed by atoms with van der Waals surface area (Å²) in [5.74, 6) is 2.05. The van der Waals surface area contributed by atoms with Crippen LogP contribution in [0.3, 0.4) is 0 Å². The molecule has 2 unspecified atom stereocenters. The van der Waals surface area contributed by atoms with Crippen molar-refractivity contribution in [3.8, 4) is 0 Å². The van der Waals surface area contributed by atoms with Gasteiger partial charge in [-0.1, -0.05) is 13.0 Å². The van der Waals surface area contributed by atoms with Gasteiger partial charge in [0, 0.05) is 0 Å². The molecule has 0 aromatic heterocycles. The average molecular weight is 293 g/mol. The third-order valence-corrected chi connectivity index (χ3v) is 4.52. The van der Waals surface area contributed by atoms with Crippen LogP contribution in [0.1, 0.15) is 53.4 Å². The molecule has 2 aliphatic rings. The van der Waals surface area contributed by atoms with Crippen molar-refractivity contribution in [3.05, 3.63) is 12.2 Å². The number of nitrogens with one attached hydrogen (secondary N) is 1. The van der Waals surface area contributed by atoms with Crippen LogP contribution in [0.4, 0.5) is 4.79 Å². The summed E-state index contributed by atoms with van der Waals surface area (Å²) in [5.41, 5.74) is -0.0707. The highest BCUT2D eigenvalue weighted by Crippen LogP contribution is 2.59. The van der Waals surface area contributed by atoms with E-state index in [1.807, 2.05) is 20.8 Å². The topological polar surface area (TPSA) is 55.4 Å². The number of hydrogen-bond donors (Lipinski definition) is 1. The van der Waals surface area contributed by atoms with Gasteiger partial charge in [0.2, 0.25) is 0 Å². The van der Waals surface area contributed by atoms with E-state index >= 15 is 0 Å². The Labute approximate surface area is 127 Å². The van der Waals surface area contributed by atoms with Crippen molar-refractivity contribution in [3.63, 3.8) is 0 Å². The summed E-state index contributed by atoms with van der Waals surface area (Å²) in [5, 5.41) is 2.74.